The Labute approximate surface area is 187 Å². The van der Waals surface area contributed by atoms with Crippen molar-refractivity contribution >= 4 is 33.2 Å². The first-order chi connectivity index (χ1) is 14.9. The zero-order valence-electron chi connectivity index (χ0n) is 16.7. The molecule has 0 aliphatic rings. The van der Waals surface area contributed by atoms with Crippen LogP contribution >= 0.6 is 11.6 Å². The maximum Gasteiger partial charge on any atom is 0.266 e. The molecule has 1 amide bonds. The van der Waals surface area contributed by atoms with E-state index in [9.17, 15) is 13.2 Å². The fourth-order valence-electron chi connectivity index (χ4n) is 2.97. The Morgan fingerprint density at radius 1 is 1.10 bits per heavy atom. The van der Waals surface area contributed by atoms with Gasteiger partial charge in [-0.1, -0.05) is 41.9 Å². The lowest BCUT2D eigenvalue weighted by Gasteiger charge is -2.24. The third-order valence-electron chi connectivity index (χ3n) is 4.49. The van der Waals surface area contributed by atoms with Crippen molar-refractivity contribution in [2.75, 3.05) is 17.4 Å². The summed E-state index contributed by atoms with van der Waals surface area (Å²) in [5.74, 6) is -0.390. The van der Waals surface area contributed by atoms with Crippen LogP contribution in [0.1, 0.15) is 16.1 Å². The molecule has 0 saturated carbocycles. The van der Waals surface area contributed by atoms with E-state index in [1.54, 1.807) is 36.5 Å². The summed E-state index contributed by atoms with van der Waals surface area (Å²) in [6, 6.07) is 18.4. The Kier molecular flexibility index (Phi) is 7.44. The Morgan fingerprint density at radius 2 is 1.84 bits per heavy atom. The van der Waals surface area contributed by atoms with E-state index in [1.165, 1.54) is 28.6 Å². The number of hydrogen-bond donors (Lipinski definition) is 1. The van der Waals surface area contributed by atoms with Crippen LogP contribution in [0, 0.1) is 0 Å². The minimum atomic E-state index is -4.03. The second-order valence-corrected chi connectivity index (χ2v) is 8.87. The highest BCUT2D eigenvalue weighted by atomic mass is 35.5. The summed E-state index contributed by atoms with van der Waals surface area (Å²) >= 11 is 6.23. The lowest BCUT2D eigenvalue weighted by atomic mass is 10.2. The van der Waals surface area contributed by atoms with Crippen molar-refractivity contribution in [1.82, 2.24) is 10.3 Å². The molecule has 0 aliphatic heterocycles. The molecule has 0 bridgehead atoms. The molecule has 160 valence electrons. The van der Waals surface area contributed by atoms with Crippen LogP contribution in [0.5, 0.6) is 0 Å². The second kappa shape index (κ2) is 10.2. The molecule has 8 heteroatoms. The molecular weight excluding hydrogens is 434 g/mol. The van der Waals surface area contributed by atoms with Gasteiger partial charge in [-0.05, 0) is 42.5 Å². The summed E-state index contributed by atoms with van der Waals surface area (Å²) in [5, 5.41) is 2.82. The fraction of sp³-hybridized carbons (Fsp3) is 0.130. The summed E-state index contributed by atoms with van der Waals surface area (Å²) < 4.78 is 27.9. The number of carbonyl (C=O) groups is 1. The molecule has 0 fully saturated rings. The molecule has 0 saturated heterocycles. The van der Waals surface area contributed by atoms with Gasteiger partial charge in [0.05, 0.1) is 17.3 Å². The van der Waals surface area contributed by atoms with E-state index in [0.29, 0.717) is 18.7 Å². The van der Waals surface area contributed by atoms with Crippen LogP contribution in [-0.4, -0.2) is 32.4 Å². The molecular formula is C23H22ClN3O3S. The highest BCUT2D eigenvalue weighted by molar-refractivity contribution is 7.93. The highest BCUT2D eigenvalue weighted by Crippen LogP contribution is 2.29. The normalized spacial score (nSPS) is 11.0. The molecule has 3 rings (SSSR count). The zero-order chi connectivity index (χ0) is 22.3. The lowest BCUT2D eigenvalue weighted by Crippen LogP contribution is -2.32. The lowest BCUT2D eigenvalue weighted by molar-refractivity contribution is 0.0954. The van der Waals surface area contributed by atoms with E-state index in [4.69, 9.17) is 11.6 Å². The average molecular weight is 456 g/mol. The van der Waals surface area contributed by atoms with Gasteiger partial charge >= 0.3 is 0 Å². The van der Waals surface area contributed by atoms with Crippen LogP contribution in [0.4, 0.5) is 5.69 Å². The predicted molar refractivity (Wildman–Crippen MR) is 123 cm³/mol. The number of nitrogens with one attached hydrogen (secondary N) is 1. The van der Waals surface area contributed by atoms with Gasteiger partial charge in [0.25, 0.3) is 15.9 Å². The Morgan fingerprint density at radius 3 is 2.52 bits per heavy atom. The maximum atomic E-state index is 13.4. The molecule has 6 nitrogen and oxygen atoms in total. The molecule has 0 atom stereocenters. The number of benzene rings is 2. The number of rotatable bonds is 9. The second-order valence-electron chi connectivity index (χ2n) is 6.63. The molecule has 0 spiro atoms. The summed E-state index contributed by atoms with van der Waals surface area (Å²) in [7, 11) is -4.03. The van der Waals surface area contributed by atoms with Crippen LogP contribution in [0.25, 0.3) is 0 Å². The third-order valence-corrected chi connectivity index (χ3v) is 6.77. The van der Waals surface area contributed by atoms with Gasteiger partial charge < -0.3 is 5.32 Å². The van der Waals surface area contributed by atoms with E-state index in [-0.39, 0.29) is 27.9 Å². The van der Waals surface area contributed by atoms with Crippen molar-refractivity contribution in [2.45, 2.75) is 11.3 Å². The van der Waals surface area contributed by atoms with Crippen LogP contribution in [0.3, 0.4) is 0 Å². The molecule has 2 aromatic carbocycles. The fourth-order valence-corrected chi connectivity index (χ4v) is 4.91. The first-order valence-electron chi connectivity index (χ1n) is 9.60. The first kappa shape index (κ1) is 22.5. The number of pyridine rings is 1. The summed E-state index contributed by atoms with van der Waals surface area (Å²) in [6.45, 7) is 4.08. The molecule has 31 heavy (non-hydrogen) atoms. The summed E-state index contributed by atoms with van der Waals surface area (Å²) in [6.07, 6.45) is 3.74. The predicted octanol–water partition coefficient (Wildman–Crippen LogP) is 4.09. The van der Waals surface area contributed by atoms with Crippen molar-refractivity contribution in [3.63, 3.8) is 0 Å². The van der Waals surface area contributed by atoms with Crippen LogP contribution in [0.15, 0.2) is 90.5 Å². The van der Waals surface area contributed by atoms with E-state index >= 15 is 0 Å². The third kappa shape index (κ3) is 5.51. The number of nitrogens with zero attached hydrogens (tertiary/aromatic N) is 2. The highest BCUT2D eigenvalue weighted by Gasteiger charge is 2.27. The minimum absolute atomic E-state index is 0.0371. The number of aromatic nitrogens is 1. The molecule has 0 radical (unpaired) electrons. The largest absolute Gasteiger partial charge is 0.352 e. The Bertz CT molecular complexity index is 1150. The summed E-state index contributed by atoms with van der Waals surface area (Å²) in [4.78, 5) is 16.7. The molecule has 3 aromatic rings. The molecule has 1 N–H and O–H groups in total. The average Bonchev–Trinajstić information content (AvgIpc) is 2.78. The van der Waals surface area contributed by atoms with Crippen LogP contribution in [-0.2, 0) is 16.4 Å². The van der Waals surface area contributed by atoms with Gasteiger partial charge in [-0.3, -0.25) is 14.1 Å². The molecule has 0 aliphatic carbocycles. The van der Waals surface area contributed by atoms with E-state index in [1.807, 2.05) is 18.2 Å². The van der Waals surface area contributed by atoms with Crippen molar-refractivity contribution < 1.29 is 13.2 Å². The van der Waals surface area contributed by atoms with Crippen molar-refractivity contribution in [1.29, 1.82) is 0 Å². The number of halogens is 1. The smallest absolute Gasteiger partial charge is 0.266 e. The van der Waals surface area contributed by atoms with Crippen LogP contribution in [0.2, 0.25) is 5.02 Å². The Hall–Kier alpha value is -3.16. The maximum absolute atomic E-state index is 13.4. The quantitative estimate of drug-likeness (QED) is 0.493. The minimum Gasteiger partial charge on any atom is -0.352 e. The molecule has 1 heterocycles. The molecule has 0 unspecified atom stereocenters. The van der Waals surface area contributed by atoms with Gasteiger partial charge in [0.15, 0.2) is 0 Å². The summed E-state index contributed by atoms with van der Waals surface area (Å²) in [5.41, 5.74) is 1.53. The van der Waals surface area contributed by atoms with Gasteiger partial charge in [-0.25, -0.2) is 8.42 Å². The van der Waals surface area contributed by atoms with E-state index in [2.05, 4.69) is 16.9 Å². The number of carbonyl (C=O) groups excluding carboxylic acids is 1. The molecule has 1 aromatic heterocycles. The number of anilines is 1. The number of sulfonamides is 1. The van der Waals surface area contributed by atoms with E-state index < -0.39 is 10.0 Å². The number of hydrogen-bond acceptors (Lipinski definition) is 4. The standard InChI is InChI=1S/C23H22ClN3O3S/c1-2-16-27(20-9-4-3-5-10-20)31(29,30)22-17-18(11-12-21(22)24)23(28)26-15-13-19-8-6-7-14-25-19/h2-12,14,17H,1,13,15-16H2,(H,26,28). The SMILES string of the molecule is C=CCN(c1ccccc1)S(=O)(=O)c1cc(C(=O)NCCc2ccccn2)ccc1Cl. The Balaban J connectivity index is 1.83. The number of para-hydroxylation sites is 1. The van der Waals surface area contributed by atoms with Crippen molar-refractivity contribution in [3.05, 3.63) is 102 Å². The zero-order valence-corrected chi connectivity index (χ0v) is 18.3. The number of amides is 1. The first-order valence-corrected chi connectivity index (χ1v) is 11.4. The van der Waals surface area contributed by atoms with E-state index in [0.717, 1.165) is 5.69 Å². The van der Waals surface area contributed by atoms with Gasteiger partial charge in [-0.2, -0.15) is 0 Å². The van der Waals surface area contributed by atoms with Crippen molar-refractivity contribution in [3.8, 4) is 0 Å². The topological polar surface area (TPSA) is 79.4 Å². The van der Waals surface area contributed by atoms with Gasteiger partial charge in [0, 0.05) is 30.4 Å². The van der Waals surface area contributed by atoms with Crippen molar-refractivity contribution in [2.24, 2.45) is 0 Å². The van der Waals surface area contributed by atoms with Gasteiger partial charge in [0.1, 0.15) is 4.90 Å². The van der Waals surface area contributed by atoms with Crippen LogP contribution < -0.4 is 9.62 Å². The van der Waals surface area contributed by atoms with Gasteiger partial charge in [-0.15, -0.1) is 6.58 Å². The monoisotopic (exact) mass is 455 g/mol. The van der Waals surface area contributed by atoms with Gasteiger partial charge in [0.2, 0.25) is 0 Å².